The van der Waals surface area contributed by atoms with E-state index in [1.54, 1.807) is 9.58 Å². The quantitative estimate of drug-likeness (QED) is 0.808. The van der Waals surface area contributed by atoms with Crippen LogP contribution in [-0.4, -0.2) is 42.5 Å². The molecule has 0 unspecified atom stereocenters. The average Bonchev–Trinajstić information content (AvgIpc) is 3.01. The Morgan fingerprint density at radius 3 is 2.68 bits per heavy atom. The monoisotopic (exact) mass is 303 g/mol. The highest BCUT2D eigenvalue weighted by atomic mass is 16.6. The fraction of sp³-hybridized carbons (Fsp3) is 0.533. The van der Waals surface area contributed by atoms with Gasteiger partial charge < -0.3 is 9.30 Å². The van der Waals surface area contributed by atoms with E-state index in [1.807, 2.05) is 46.4 Å². The lowest BCUT2D eigenvalue weighted by Gasteiger charge is -2.30. The molecule has 3 heterocycles. The number of ether oxygens (including phenoxy) is 1. The van der Waals surface area contributed by atoms with Crippen molar-refractivity contribution in [3.05, 3.63) is 24.4 Å². The van der Waals surface area contributed by atoms with Crippen LogP contribution in [0.2, 0.25) is 0 Å². The molecular weight excluding hydrogens is 282 g/mol. The number of aryl methyl sites for hydroxylation is 1. The van der Waals surface area contributed by atoms with E-state index in [2.05, 4.69) is 14.6 Å². The number of imidazole rings is 1. The molecule has 2 aromatic heterocycles. The third kappa shape index (κ3) is 2.84. The number of fused-ring (bicyclic) bond motifs is 1. The molecule has 0 aliphatic carbocycles. The summed E-state index contributed by atoms with van der Waals surface area (Å²) in [6, 6.07) is 0. The number of carbonyl (C=O) groups excluding carboxylic acids is 1. The molecule has 1 aliphatic rings. The minimum atomic E-state index is -0.481. The summed E-state index contributed by atoms with van der Waals surface area (Å²) in [7, 11) is 1.89. The topological polar surface area (TPSA) is 65.2 Å². The number of amides is 1. The van der Waals surface area contributed by atoms with Gasteiger partial charge in [0.2, 0.25) is 0 Å². The second-order valence-electron chi connectivity index (χ2n) is 6.52. The van der Waals surface area contributed by atoms with Crippen LogP contribution in [0.4, 0.5) is 4.79 Å². The molecule has 0 radical (unpaired) electrons. The molecular formula is C15H21N5O2. The molecule has 0 bridgehead atoms. The summed E-state index contributed by atoms with van der Waals surface area (Å²) in [6.07, 6.45) is 5.34. The Hall–Kier alpha value is -2.31. The fourth-order valence-electron chi connectivity index (χ4n) is 2.53. The van der Waals surface area contributed by atoms with Gasteiger partial charge in [-0.25, -0.2) is 9.78 Å². The van der Waals surface area contributed by atoms with E-state index in [-0.39, 0.29) is 6.09 Å². The van der Waals surface area contributed by atoms with Gasteiger partial charge >= 0.3 is 6.09 Å². The molecule has 0 saturated heterocycles. The maximum absolute atomic E-state index is 12.2. The molecule has 7 heteroatoms. The predicted octanol–water partition coefficient (Wildman–Crippen LogP) is 2.03. The highest BCUT2D eigenvalue weighted by Gasteiger charge is 2.27. The Labute approximate surface area is 129 Å². The van der Waals surface area contributed by atoms with E-state index in [9.17, 15) is 4.79 Å². The Balaban J connectivity index is 1.78. The fourth-order valence-corrected chi connectivity index (χ4v) is 2.53. The predicted molar refractivity (Wildman–Crippen MR) is 81.1 cm³/mol. The SMILES string of the molecule is Cn1cc(-c2cnc3n2CCN(C(=O)OC(C)(C)C)C3)cn1. The van der Waals surface area contributed by atoms with E-state index >= 15 is 0 Å². The van der Waals surface area contributed by atoms with Crippen molar-refractivity contribution < 1.29 is 9.53 Å². The van der Waals surface area contributed by atoms with Crippen molar-refractivity contribution in [1.29, 1.82) is 0 Å². The number of rotatable bonds is 1. The number of nitrogens with zero attached hydrogens (tertiary/aromatic N) is 5. The lowest BCUT2D eigenvalue weighted by Crippen LogP contribution is -2.41. The smallest absolute Gasteiger partial charge is 0.410 e. The second kappa shape index (κ2) is 5.15. The molecule has 7 nitrogen and oxygen atoms in total. The number of hydrogen-bond donors (Lipinski definition) is 0. The summed E-state index contributed by atoms with van der Waals surface area (Å²) >= 11 is 0. The number of hydrogen-bond acceptors (Lipinski definition) is 4. The molecule has 0 N–H and O–H groups in total. The van der Waals surface area contributed by atoms with Gasteiger partial charge in [-0.05, 0) is 20.8 Å². The maximum Gasteiger partial charge on any atom is 0.410 e. The first kappa shape index (κ1) is 14.6. The zero-order chi connectivity index (χ0) is 15.9. The van der Waals surface area contributed by atoms with Crippen molar-refractivity contribution in [2.45, 2.75) is 39.5 Å². The van der Waals surface area contributed by atoms with Gasteiger partial charge in [0.1, 0.15) is 11.4 Å². The van der Waals surface area contributed by atoms with Gasteiger partial charge in [0, 0.05) is 31.9 Å². The summed E-state index contributed by atoms with van der Waals surface area (Å²) in [4.78, 5) is 18.3. The largest absolute Gasteiger partial charge is 0.444 e. The first-order valence-corrected chi connectivity index (χ1v) is 7.35. The molecule has 1 amide bonds. The Morgan fingerprint density at radius 1 is 1.27 bits per heavy atom. The summed E-state index contributed by atoms with van der Waals surface area (Å²) in [5, 5.41) is 4.20. The Bertz CT molecular complexity index is 695. The van der Waals surface area contributed by atoms with E-state index < -0.39 is 5.60 Å². The highest BCUT2D eigenvalue weighted by Crippen LogP contribution is 2.24. The third-order valence-corrected chi connectivity index (χ3v) is 3.52. The van der Waals surface area contributed by atoms with Crippen LogP contribution in [0.25, 0.3) is 11.3 Å². The first-order chi connectivity index (χ1) is 10.3. The van der Waals surface area contributed by atoms with Gasteiger partial charge in [-0.2, -0.15) is 5.10 Å². The van der Waals surface area contributed by atoms with Crippen LogP contribution in [0.15, 0.2) is 18.6 Å². The average molecular weight is 303 g/mol. The lowest BCUT2D eigenvalue weighted by atomic mass is 10.2. The molecule has 0 atom stereocenters. The molecule has 0 spiro atoms. The summed E-state index contributed by atoms with van der Waals surface area (Å²) < 4.78 is 9.33. The van der Waals surface area contributed by atoms with Crippen LogP contribution in [0.1, 0.15) is 26.6 Å². The summed E-state index contributed by atoms with van der Waals surface area (Å²) in [6.45, 7) is 7.41. The van der Waals surface area contributed by atoms with Crippen molar-refractivity contribution in [2.75, 3.05) is 6.54 Å². The molecule has 1 aliphatic heterocycles. The van der Waals surface area contributed by atoms with Crippen molar-refractivity contribution >= 4 is 6.09 Å². The van der Waals surface area contributed by atoms with E-state index in [4.69, 9.17) is 4.74 Å². The van der Waals surface area contributed by atoms with Crippen molar-refractivity contribution in [3.63, 3.8) is 0 Å². The van der Waals surface area contributed by atoms with Crippen LogP contribution < -0.4 is 0 Å². The molecule has 0 fully saturated rings. The zero-order valence-corrected chi connectivity index (χ0v) is 13.4. The van der Waals surface area contributed by atoms with Gasteiger partial charge in [0.05, 0.1) is 24.6 Å². The summed E-state index contributed by atoms with van der Waals surface area (Å²) in [5.41, 5.74) is 1.59. The normalized spacial score (nSPS) is 14.8. The van der Waals surface area contributed by atoms with Crippen LogP contribution in [0.3, 0.4) is 0 Å². The van der Waals surface area contributed by atoms with Gasteiger partial charge in [0.25, 0.3) is 0 Å². The van der Waals surface area contributed by atoms with Crippen molar-refractivity contribution in [2.24, 2.45) is 7.05 Å². The van der Waals surface area contributed by atoms with Gasteiger partial charge in [0.15, 0.2) is 0 Å². The summed E-state index contributed by atoms with van der Waals surface area (Å²) in [5.74, 6) is 0.871. The molecule has 22 heavy (non-hydrogen) atoms. The Kier molecular flexibility index (Phi) is 3.42. The molecule has 0 aromatic carbocycles. The van der Waals surface area contributed by atoms with Crippen LogP contribution in [0, 0.1) is 0 Å². The molecule has 2 aromatic rings. The highest BCUT2D eigenvalue weighted by molar-refractivity contribution is 5.68. The zero-order valence-electron chi connectivity index (χ0n) is 13.4. The van der Waals surface area contributed by atoms with Gasteiger partial charge in [-0.15, -0.1) is 0 Å². The number of carbonyl (C=O) groups is 1. The van der Waals surface area contributed by atoms with Crippen LogP contribution in [-0.2, 0) is 24.9 Å². The first-order valence-electron chi connectivity index (χ1n) is 7.35. The second-order valence-corrected chi connectivity index (χ2v) is 6.52. The number of aromatic nitrogens is 4. The van der Waals surface area contributed by atoms with E-state index in [1.165, 1.54) is 0 Å². The minimum absolute atomic E-state index is 0.287. The van der Waals surface area contributed by atoms with Crippen molar-refractivity contribution in [1.82, 2.24) is 24.2 Å². The molecule has 0 saturated carbocycles. The van der Waals surface area contributed by atoms with E-state index in [0.29, 0.717) is 19.6 Å². The third-order valence-electron chi connectivity index (χ3n) is 3.52. The van der Waals surface area contributed by atoms with Crippen LogP contribution >= 0.6 is 0 Å². The van der Waals surface area contributed by atoms with Gasteiger partial charge in [-0.3, -0.25) is 9.58 Å². The van der Waals surface area contributed by atoms with Crippen molar-refractivity contribution in [3.8, 4) is 11.3 Å². The van der Waals surface area contributed by atoms with Crippen LogP contribution in [0.5, 0.6) is 0 Å². The lowest BCUT2D eigenvalue weighted by molar-refractivity contribution is 0.0196. The Morgan fingerprint density at radius 2 is 2.05 bits per heavy atom. The molecule has 3 rings (SSSR count). The maximum atomic E-state index is 12.2. The minimum Gasteiger partial charge on any atom is -0.444 e. The standard InChI is InChI=1S/C15H21N5O2/c1-15(2,3)22-14(21)19-5-6-20-12(8-16-13(20)10-19)11-7-17-18(4)9-11/h7-9H,5-6,10H2,1-4H3. The molecule has 118 valence electrons. The van der Waals surface area contributed by atoms with Gasteiger partial charge in [-0.1, -0.05) is 0 Å². The van der Waals surface area contributed by atoms with E-state index in [0.717, 1.165) is 17.1 Å².